The van der Waals surface area contributed by atoms with E-state index in [1.54, 1.807) is 12.1 Å². The first-order chi connectivity index (χ1) is 11.4. The first-order valence-electron chi connectivity index (χ1n) is 7.76. The van der Waals surface area contributed by atoms with Gasteiger partial charge in [0.2, 0.25) is 0 Å². The summed E-state index contributed by atoms with van der Waals surface area (Å²) in [5.41, 5.74) is 2.41. The molecule has 2 aromatic rings. The Balaban J connectivity index is 1.64. The first-order valence-corrected chi connectivity index (χ1v) is 9.58. The zero-order valence-corrected chi connectivity index (χ0v) is 14.3. The first kappa shape index (κ1) is 16.7. The van der Waals surface area contributed by atoms with Gasteiger partial charge in [0.05, 0.1) is 11.5 Å². The van der Waals surface area contributed by atoms with Gasteiger partial charge in [-0.05, 0) is 24.6 Å². The fourth-order valence-corrected chi connectivity index (χ4v) is 3.92. The number of hydrogen-bond donors (Lipinski definition) is 2. The second-order valence-corrected chi connectivity index (χ2v) is 8.32. The number of sulfone groups is 1. The van der Waals surface area contributed by atoms with E-state index in [9.17, 15) is 13.2 Å². The average Bonchev–Trinajstić information content (AvgIpc) is 2.95. The highest BCUT2D eigenvalue weighted by Gasteiger charge is 2.21. The summed E-state index contributed by atoms with van der Waals surface area (Å²) in [5, 5.41) is 9.51. The number of rotatable bonds is 4. The average molecular weight is 348 g/mol. The number of aryl methyl sites for hydroxylation is 1. The minimum absolute atomic E-state index is 0.200. The van der Waals surface area contributed by atoms with Gasteiger partial charge >= 0.3 is 0 Å². The molecule has 1 amide bonds. The van der Waals surface area contributed by atoms with Crippen LogP contribution in [0.3, 0.4) is 0 Å². The van der Waals surface area contributed by atoms with E-state index in [1.807, 2.05) is 25.1 Å². The largest absolute Gasteiger partial charge is 0.305 e. The van der Waals surface area contributed by atoms with E-state index in [-0.39, 0.29) is 17.4 Å². The quantitative estimate of drug-likeness (QED) is 0.866. The Kier molecular flexibility index (Phi) is 4.68. The van der Waals surface area contributed by atoms with Gasteiger partial charge in [-0.25, -0.2) is 8.42 Å². The summed E-state index contributed by atoms with van der Waals surface area (Å²) in [6.07, 6.45) is 0. The molecule has 1 aliphatic rings. The Morgan fingerprint density at radius 1 is 1.29 bits per heavy atom. The van der Waals surface area contributed by atoms with Crippen molar-refractivity contribution in [3.63, 3.8) is 0 Å². The lowest BCUT2D eigenvalue weighted by Gasteiger charge is -2.26. The van der Waals surface area contributed by atoms with Crippen LogP contribution in [-0.4, -0.2) is 54.0 Å². The third-order valence-electron chi connectivity index (χ3n) is 3.98. The van der Waals surface area contributed by atoms with Gasteiger partial charge in [-0.3, -0.25) is 14.8 Å². The van der Waals surface area contributed by atoms with Gasteiger partial charge in [-0.2, -0.15) is 5.10 Å². The maximum atomic E-state index is 12.3. The molecular weight excluding hydrogens is 328 g/mol. The van der Waals surface area contributed by atoms with Crippen molar-refractivity contribution in [1.82, 2.24) is 15.1 Å². The van der Waals surface area contributed by atoms with Crippen LogP contribution in [0.5, 0.6) is 0 Å². The second kappa shape index (κ2) is 6.74. The highest BCUT2D eigenvalue weighted by atomic mass is 32.2. The lowest BCUT2D eigenvalue weighted by atomic mass is 10.1. The van der Waals surface area contributed by atoms with Crippen molar-refractivity contribution < 1.29 is 13.2 Å². The monoisotopic (exact) mass is 348 g/mol. The Hall–Kier alpha value is -2.19. The molecule has 1 aromatic carbocycles. The number of anilines is 1. The molecule has 3 rings (SSSR count). The molecule has 1 aliphatic heterocycles. The third kappa shape index (κ3) is 4.21. The zero-order valence-electron chi connectivity index (χ0n) is 13.4. The predicted molar refractivity (Wildman–Crippen MR) is 91.7 cm³/mol. The smallest absolute Gasteiger partial charge is 0.256 e. The highest BCUT2D eigenvalue weighted by Crippen LogP contribution is 2.13. The molecule has 24 heavy (non-hydrogen) atoms. The number of H-pyrrole nitrogens is 1. The number of nitrogens with one attached hydrogen (secondary N) is 2. The molecule has 0 unspecified atom stereocenters. The summed E-state index contributed by atoms with van der Waals surface area (Å²) in [6, 6.07) is 9.12. The number of amides is 1. The van der Waals surface area contributed by atoms with Crippen molar-refractivity contribution >= 4 is 21.6 Å². The molecule has 1 aromatic heterocycles. The van der Waals surface area contributed by atoms with E-state index in [2.05, 4.69) is 20.4 Å². The molecule has 0 bridgehead atoms. The molecule has 0 aliphatic carbocycles. The normalized spacial score (nSPS) is 17.5. The summed E-state index contributed by atoms with van der Waals surface area (Å²) >= 11 is 0. The molecular formula is C16H20N4O3S. The van der Waals surface area contributed by atoms with Gasteiger partial charge in [-0.1, -0.05) is 12.1 Å². The van der Waals surface area contributed by atoms with Crippen molar-refractivity contribution in [3.8, 4) is 0 Å². The fourth-order valence-electron chi connectivity index (χ4n) is 2.65. The van der Waals surface area contributed by atoms with Crippen LogP contribution < -0.4 is 5.32 Å². The van der Waals surface area contributed by atoms with Crippen LogP contribution in [0.15, 0.2) is 30.3 Å². The van der Waals surface area contributed by atoms with Crippen molar-refractivity contribution in [2.24, 2.45) is 0 Å². The lowest BCUT2D eigenvalue weighted by Crippen LogP contribution is -2.39. The Labute approximate surface area is 141 Å². The predicted octanol–water partition coefficient (Wildman–Crippen LogP) is 1.20. The number of carbonyl (C=O) groups is 1. The second-order valence-electron chi connectivity index (χ2n) is 6.02. The number of aromatic amines is 1. The minimum atomic E-state index is -2.88. The topological polar surface area (TPSA) is 95.2 Å². The van der Waals surface area contributed by atoms with Gasteiger partial charge in [-0.15, -0.1) is 0 Å². The molecule has 1 saturated heterocycles. The van der Waals surface area contributed by atoms with Crippen LogP contribution in [0.2, 0.25) is 0 Å². The Morgan fingerprint density at radius 2 is 2.04 bits per heavy atom. The molecule has 0 radical (unpaired) electrons. The van der Waals surface area contributed by atoms with Crippen molar-refractivity contribution in [2.75, 3.05) is 29.9 Å². The zero-order chi connectivity index (χ0) is 17.2. The number of aromatic nitrogens is 2. The van der Waals surface area contributed by atoms with E-state index < -0.39 is 9.84 Å². The Morgan fingerprint density at radius 3 is 2.71 bits per heavy atom. The molecule has 0 atom stereocenters. The van der Waals surface area contributed by atoms with Crippen LogP contribution in [0.4, 0.5) is 5.82 Å². The molecule has 1 fully saturated rings. The molecule has 2 N–H and O–H groups in total. The summed E-state index contributed by atoms with van der Waals surface area (Å²) in [6.45, 7) is 3.57. The summed E-state index contributed by atoms with van der Waals surface area (Å²) < 4.78 is 23.0. The summed E-state index contributed by atoms with van der Waals surface area (Å²) in [5.74, 6) is 0.672. The Bertz CT molecular complexity index is 831. The standard InChI is InChI=1S/C16H20N4O3S/c1-12-9-15(19-18-12)17-16(21)14-4-2-3-13(10-14)11-20-5-7-24(22,23)8-6-20/h2-4,9-10H,5-8,11H2,1H3,(H2,17,18,19,21). The van der Waals surface area contributed by atoms with Crippen LogP contribution in [0, 0.1) is 6.92 Å². The van der Waals surface area contributed by atoms with E-state index in [0.29, 0.717) is 31.0 Å². The van der Waals surface area contributed by atoms with Crippen molar-refractivity contribution in [2.45, 2.75) is 13.5 Å². The van der Waals surface area contributed by atoms with Crippen LogP contribution in [0.25, 0.3) is 0 Å². The number of hydrogen-bond acceptors (Lipinski definition) is 5. The van der Waals surface area contributed by atoms with Gasteiger partial charge in [0.15, 0.2) is 15.7 Å². The van der Waals surface area contributed by atoms with E-state index in [1.165, 1.54) is 0 Å². The number of benzene rings is 1. The lowest BCUT2D eigenvalue weighted by molar-refractivity contribution is 0.102. The van der Waals surface area contributed by atoms with E-state index in [0.717, 1.165) is 11.3 Å². The molecule has 0 spiro atoms. The van der Waals surface area contributed by atoms with Gasteiger partial charge < -0.3 is 5.32 Å². The van der Waals surface area contributed by atoms with Gasteiger partial charge in [0.25, 0.3) is 5.91 Å². The number of carbonyl (C=O) groups excluding carboxylic acids is 1. The molecule has 128 valence electrons. The molecule has 7 nitrogen and oxygen atoms in total. The van der Waals surface area contributed by atoms with Crippen LogP contribution in [-0.2, 0) is 16.4 Å². The van der Waals surface area contributed by atoms with Gasteiger partial charge in [0, 0.05) is 37.0 Å². The SMILES string of the molecule is Cc1cc(NC(=O)c2cccc(CN3CCS(=O)(=O)CC3)c2)n[nH]1. The maximum Gasteiger partial charge on any atom is 0.256 e. The molecule has 2 heterocycles. The maximum absolute atomic E-state index is 12.3. The van der Waals surface area contributed by atoms with Crippen LogP contribution in [0.1, 0.15) is 21.6 Å². The van der Waals surface area contributed by atoms with Crippen molar-refractivity contribution in [3.05, 3.63) is 47.2 Å². The highest BCUT2D eigenvalue weighted by molar-refractivity contribution is 7.91. The fraction of sp³-hybridized carbons (Fsp3) is 0.375. The molecule has 0 saturated carbocycles. The van der Waals surface area contributed by atoms with Crippen molar-refractivity contribution in [1.29, 1.82) is 0 Å². The van der Waals surface area contributed by atoms with Crippen LogP contribution >= 0.6 is 0 Å². The summed E-state index contributed by atoms with van der Waals surface area (Å²) in [7, 11) is -2.88. The van der Waals surface area contributed by atoms with E-state index >= 15 is 0 Å². The number of nitrogens with zero attached hydrogens (tertiary/aromatic N) is 2. The van der Waals surface area contributed by atoms with Gasteiger partial charge in [0.1, 0.15) is 0 Å². The third-order valence-corrected chi connectivity index (χ3v) is 5.59. The summed E-state index contributed by atoms with van der Waals surface area (Å²) in [4.78, 5) is 14.4. The molecule has 8 heteroatoms. The van der Waals surface area contributed by atoms with E-state index in [4.69, 9.17) is 0 Å². The minimum Gasteiger partial charge on any atom is -0.305 e.